The maximum atomic E-state index is 12.8. The highest BCUT2D eigenvalue weighted by Crippen LogP contribution is 2.32. The zero-order chi connectivity index (χ0) is 20.3. The van der Waals surface area contributed by atoms with Crippen LogP contribution < -0.4 is 9.62 Å². The zero-order valence-corrected chi connectivity index (χ0v) is 16.6. The van der Waals surface area contributed by atoms with Crippen molar-refractivity contribution in [1.82, 2.24) is 4.98 Å². The number of aryl methyl sites for hydroxylation is 1. The summed E-state index contributed by atoms with van der Waals surface area (Å²) in [6, 6.07) is 18.2. The predicted octanol–water partition coefficient (Wildman–Crippen LogP) is 3.27. The molecular formula is C22H21N3O3S. The first kappa shape index (κ1) is 19.1. The van der Waals surface area contributed by atoms with Gasteiger partial charge in [-0.3, -0.25) is 14.5 Å². The Morgan fingerprint density at radius 1 is 1.03 bits per heavy atom. The van der Waals surface area contributed by atoms with Gasteiger partial charge in [-0.25, -0.2) is 8.42 Å². The van der Waals surface area contributed by atoms with Crippen molar-refractivity contribution in [2.24, 2.45) is 0 Å². The lowest BCUT2D eigenvalue weighted by molar-refractivity contribution is 0.0989. The van der Waals surface area contributed by atoms with Crippen LogP contribution in [0, 0.1) is 0 Å². The Bertz CT molecular complexity index is 1120. The van der Waals surface area contributed by atoms with Crippen LogP contribution in [0.25, 0.3) is 0 Å². The molecule has 0 aliphatic carbocycles. The Morgan fingerprint density at radius 2 is 1.79 bits per heavy atom. The predicted molar refractivity (Wildman–Crippen MR) is 114 cm³/mol. The monoisotopic (exact) mass is 407 g/mol. The number of sulfonamides is 1. The van der Waals surface area contributed by atoms with Crippen LogP contribution in [0.2, 0.25) is 0 Å². The van der Waals surface area contributed by atoms with E-state index in [1.54, 1.807) is 41.6 Å². The van der Waals surface area contributed by atoms with Gasteiger partial charge in [0.25, 0.3) is 5.91 Å². The highest BCUT2D eigenvalue weighted by atomic mass is 32.2. The Hall–Kier alpha value is -3.19. The van der Waals surface area contributed by atoms with Gasteiger partial charge in [0.1, 0.15) is 0 Å². The second-order valence-corrected chi connectivity index (χ2v) is 8.78. The van der Waals surface area contributed by atoms with Crippen LogP contribution in [-0.2, 0) is 22.9 Å². The van der Waals surface area contributed by atoms with E-state index in [-0.39, 0.29) is 11.7 Å². The molecule has 148 valence electrons. The van der Waals surface area contributed by atoms with E-state index in [0.717, 1.165) is 23.2 Å². The quantitative estimate of drug-likeness (QED) is 0.680. The Labute approximate surface area is 170 Å². The minimum atomic E-state index is -3.50. The first-order chi connectivity index (χ1) is 14.0. The van der Waals surface area contributed by atoms with E-state index in [2.05, 4.69) is 9.71 Å². The molecule has 29 heavy (non-hydrogen) atoms. The lowest BCUT2D eigenvalue weighted by atomic mass is 10.1. The smallest absolute Gasteiger partial charge is 0.258 e. The van der Waals surface area contributed by atoms with E-state index in [9.17, 15) is 13.2 Å². The normalized spacial score (nSPS) is 13.2. The van der Waals surface area contributed by atoms with Gasteiger partial charge in [-0.05, 0) is 48.2 Å². The molecule has 1 N–H and O–H groups in total. The number of carbonyl (C=O) groups is 1. The molecular weight excluding hydrogens is 386 g/mol. The molecule has 1 aliphatic heterocycles. The first-order valence-electron chi connectivity index (χ1n) is 9.41. The van der Waals surface area contributed by atoms with E-state index in [0.29, 0.717) is 24.2 Å². The van der Waals surface area contributed by atoms with Crippen LogP contribution in [0.4, 0.5) is 11.4 Å². The molecule has 0 saturated heterocycles. The molecule has 7 heteroatoms. The van der Waals surface area contributed by atoms with Crippen molar-refractivity contribution < 1.29 is 13.2 Å². The van der Waals surface area contributed by atoms with Crippen LogP contribution in [0.3, 0.4) is 0 Å². The lowest BCUT2D eigenvalue weighted by Crippen LogP contribution is -2.29. The van der Waals surface area contributed by atoms with Gasteiger partial charge < -0.3 is 4.90 Å². The summed E-state index contributed by atoms with van der Waals surface area (Å²) in [6.45, 7) is 0.570. The highest BCUT2D eigenvalue weighted by molar-refractivity contribution is 7.92. The van der Waals surface area contributed by atoms with Gasteiger partial charge in [0.15, 0.2) is 0 Å². The number of pyridine rings is 1. The van der Waals surface area contributed by atoms with Crippen molar-refractivity contribution >= 4 is 27.3 Å². The van der Waals surface area contributed by atoms with Crippen molar-refractivity contribution in [3.05, 3.63) is 89.7 Å². The molecule has 0 fully saturated rings. The molecule has 3 aromatic rings. The van der Waals surface area contributed by atoms with Crippen LogP contribution >= 0.6 is 0 Å². The average molecular weight is 407 g/mol. The number of benzene rings is 2. The molecule has 4 rings (SSSR count). The molecule has 0 unspecified atom stereocenters. The Morgan fingerprint density at radius 3 is 2.55 bits per heavy atom. The van der Waals surface area contributed by atoms with Gasteiger partial charge in [0, 0.05) is 30.2 Å². The van der Waals surface area contributed by atoms with Crippen molar-refractivity contribution in [3.8, 4) is 0 Å². The standard InChI is InChI=1S/C22H21N3O3S/c26-22(19-8-12-23-13-9-19)25-14-10-18-6-7-20(16-21(18)25)24-29(27,28)15-11-17-4-2-1-3-5-17/h1-9,12-13,16,24H,10-11,14-15H2. The molecule has 0 atom stereocenters. The van der Waals surface area contributed by atoms with Crippen molar-refractivity contribution in [2.75, 3.05) is 21.9 Å². The summed E-state index contributed by atoms with van der Waals surface area (Å²) in [6.07, 6.45) is 4.35. The third-order valence-electron chi connectivity index (χ3n) is 4.93. The number of rotatable bonds is 6. The number of carbonyl (C=O) groups excluding carboxylic acids is 1. The third-order valence-corrected chi connectivity index (χ3v) is 6.22. The average Bonchev–Trinajstić information content (AvgIpc) is 3.16. The molecule has 0 spiro atoms. The molecule has 1 aliphatic rings. The first-order valence-corrected chi connectivity index (χ1v) is 11.1. The van der Waals surface area contributed by atoms with Crippen molar-refractivity contribution in [3.63, 3.8) is 0 Å². The summed E-state index contributed by atoms with van der Waals surface area (Å²) >= 11 is 0. The number of hydrogen-bond donors (Lipinski definition) is 1. The molecule has 2 aromatic carbocycles. The molecule has 0 saturated carbocycles. The number of nitrogens with zero attached hydrogens (tertiary/aromatic N) is 2. The minimum Gasteiger partial charge on any atom is -0.308 e. The molecule has 2 heterocycles. The second kappa shape index (κ2) is 8.05. The SMILES string of the molecule is O=C(c1ccncc1)N1CCc2ccc(NS(=O)(=O)CCc3ccccc3)cc21. The zero-order valence-electron chi connectivity index (χ0n) is 15.8. The molecule has 6 nitrogen and oxygen atoms in total. The number of amides is 1. The minimum absolute atomic E-state index is 0.00619. The number of aromatic nitrogens is 1. The van der Waals surface area contributed by atoms with Crippen LogP contribution in [0.15, 0.2) is 73.1 Å². The van der Waals surface area contributed by atoms with Gasteiger partial charge in [0.05, 0.1) is 11.4 Å². The van der Waals surface area contributed by atoms with E-state index in [4.69, 9.17) is 0 Å². The fourth-order valence-electron chi connectivity index (χ4n) is 3.43. The highest BCUT2D eigenvalue weighted by Gasteiger charge is 2.26. The van der Waals surface area contributed by atoms with Crippen LogP contribution in [0.1, 0.15) is 21.5 Å². The fraction of sp³-hybridized carbons (Fsp3) is 0.182. The summed E-state index contributed by atoms with van der Waals surface area (Å²) in [5.74, 6) is -0.122. The number of hydrogen-bond acceptors (Lipinski definition) is 4. The molecule has 0 radical (unpaired) electrons. The van der Waals surface area contributed by atoms with Crippen molar-refractivity contribution in [2.45, 2.75) is 12.8 Å². The van der Waals surface area contributed by atoms with Crippen molar-refractivity contribution in [1.29, 1.82) is 0 Å². The summed E-state index contributed by atoms with van der Waals surface area (Å²) in [5.41, 5.74) is 3.77. The van der Waals surface area contributed by atoms with Crippen LogP contribution in [-0.4, -0.2) is 31.6 Å². The maximum absolute atomic E-state index is 12.8. The Balaban J connectivity index is 1.50. The van der Waals surface area contributed by atoms with Gasteiger partial charge >= 0.3 is 0 Å². The Kier molecular flexibility index (Phi) is 5.31. The fourth-order valence-corrected chi connectivity index (χ4v) is 4.52. The second-order valence-electron chi connectivity index (χ2n) is 6.94. The molecule has 0 bridgehead atoms. The number of nitrogens with one attached hydrogen (secondary N) is 1. The number of anilines is 2. The van der Waals surface area contributed by atoms with Gasteiger partial charge in [-0.2, -0.15) is 0 Å². The summed E-state index contributed by atoms with van der Waals surface area (Å²) in [4.78, 5) is 18.5. The van der Waals surface area contributed by atoms with E-state index in [1.165, 1.54) is 0 Å². The summed E-state index contributed by atoms with van der Waals surface area (Å²) in [7, 11) is -3.50. The van der Waals surface area contributed by atoms with E-state index in [1.807, 2.05) is 36.4 Å². The van der Waals surface area contributed by atoms with Gasteiger partial charge in [-0.1, -0.05) is 36.4 Å². The molecule has 1 amide bonds. The summed E-state index contributed by atoms with van der Waals surface area (Å²) in [5, 5.41) is 0. The third kappa shape index (κ3) is 4.46. The van der Waals surface area contributed by atoms with Gasteiger partial charge in [-0.15, -0.1) is 0 Å². The lowest BCUT2D eigenvalue weighted by Gasteiger charge is -2.18. The van der Waals surface area contributed by atoms with E-state index < -0.39 is 10.0 Å². The number of fused-ring (bicyclic) bond motifs is 1. The summed E-state index contributed by atoms with van der Waals surface area (Å²) < 4.78 is 27.7. The van der Waals surface area contributed by atoms with Crippen LogP contribution in [0.5, 0.6) is 0 Å². The van der Waals surface area contributed by atoms with Gasteiger partial charge in [0.2, 0.25) is 10.0 Å². The molecule has 1 aromatic heterocycles. The van der Waals surface area contributed by atoms with E-state index >= 15 is 0 Å². The largest absolute Gasteiger partial charge is 0.308 e. The topological polar surface area (TPSA) is 79.4 Å². The maximum Gasteiger partial charge on any atom is 0.258 e.